The first-order valence-electron chi connectivity index (χ1n) is 12.2. The summed E-state index contributed by atoms with van der Waals surface area (Å²) < 4.78 is 2.11. The molecular weight excluding hydrogens is 472 g/mol. The summed E-state index contributed by atoms with van der Waals surface area (Å²) >= 11 is 6.18. The standard InChI is InChI=1S/C29H29ClN4O2/c30-24-10-6-9-23(17-24)19-34-20-26(25-11-4-5-12-27(25)34)29(36)33-15-13-32(14-16-33)21-28(35)31-18-22-7-2-1-3-8-22/h1-12,17,20H,13-16,18-19,21H2,(H,31,35). The smallest absolute Gasteiger partial charge is 0.256 e. The van der Waals surface area contributed by atoms with Crippen LogP contribution in [0.3, 0.4) is 0 Å². The quantitative estimate of drug-likeness (QED) is 0.409. The van der Waals surface area contributed by atoms with Crippen molar-refractivity contribution in [2.24, 2.45) is 0 Å². The van der Waals surface area contributed by atoms with Crippen LogP contribution < -0.4 is 5.32 Å². The maximum absolute atomic E-state index is 13.5. The Morgan fingerprint density at radius 3 is 2.33 bits per heavy atom. The molecular formula is C29H29ClN4O2. The molecule has 0 saturated carbocycles. The van der Waals surface area contributed by atoms with Gasteiger partial charge in [-0.05, 0) is 29.3 Å². The van der Waals surface area contributed by atoms with Crippen molar-refractivity contribution in [1.82, 2.24) is 19.7 Å². The Morgan fingerprint density at radius 1 is 0.833 bits per heavy atom. The number of carbonyl (C=O) groups is 2. The van der Waals surface area contributed by atoms with Crippen LogP contribution in [0.25, 0.3) is 10.9 Å². The molecule has 2 amide bonds. The number of hydrogen-bond acceptors (Lipinski definition) is 3. The molecule has 1 N–H and O–H groups in total. The Labute approximate surface area is 216 Å². The number of piperazine rings is 1. The number of aromatic nitrogens is 1. The molecule has 0 bridgehead atoms. The number of fused-ring (bicyclic) bond motifs is 1. The number of carbonyl (C=O) groups excluding carboxylic acids is 2. The van der Waals surface area contributed by atoms with E-state index in [4.69, 9.17) is 11.6 Å². The van der Waals surface area contributed by atoms with Gasteiger partial charge >= 0.3 is 0 Å². The minimum atomic E-state index is 0.00251. The second-order valence-corrected chi connectivity index (χ2v) is 9.58. The second kappa shape index (κ2) is 11.0. The third-order valence-corrected chi connectivity index (χ3v) is 6.86. The molecule has 7 heteroatoms. The molecule has 1 aliphatic rings. The highest BCUT2D eigenvalue weighted by Gasteiger charge is 2.25. The summed E-state index contributed by atoms with van der Waals surface area (Å²) in [5, 5.41) is 4.63. The number of halogens is 1. The lowest BCUT2D eigenvalue weighted by atomic mass is 10.1. The van der Waals surface area contributed by atoms with Crippen LogP contribution in [0.1, 0.15) is 21.5 Å². The molecule has 36 heavy (non-hydrogen) atoms. The van der Waals surface area contributed by atoms with Gasteiger partial charge in [-0.3, -0.25) is 14.5 Å². The second-order valence-electron chi connectivity index (χ2n) is 9.15. The summed E-state index contributed by atoms with van der Waals surface area (Å²) in [6.45, 7) is 4.04. The van der Waals surface area contributed by atoms with Crippen LogP contribution in [-0.4, -0.2) is 58.9 Å². The number of hydrogen-bond donors (Lipinski definition) is 1. The van der Waals surface area contributed by atoms with Crippen molar-refractivity contribution in [1.29, 1.82) is 0 Å². The summed E-state index contributed by atoms with van der Waals surface area (Å²) in [7, 11) is 0. The Balaban J connectivity index is 1.21. The highest BCUT2D eigenvalue weighted by atomic mass is 35.5. The third kappa shape index (κ3) is 5.61. The molecule has 0 spiro atoms. The fourth-order valence-corrected chi connectivity index (χ4v) is 4.93. The van der Waals surface area contributed by atoms with E-state index in [0.717, 1.165) is 22.0 Å². The van der Waals surface area contributed by atoms with Gasteiger partial charge in [-0.1, -0.05) is 72.3 Å². The lowest BCUT2D eigenvalue weighted by Crippen LogP contribution is -2.51. The van der Waals surface area contributed by atoms with Crippen molar-refractivity contribution in [2.45, 2.75) is 13.1 Å². The molecule has 3 aromatic carbocycles. The average molecular weight is 501 g/mol. The highest BCUT2D eigenvalue weighted by Crippen LogP contribution is 2.25. The van der Waals surface area contributed by atoms with Gasteiger partial charge < -0.3 is 14.8 Å². The van der Waals surface area contributed by atoms with Crippen molar-refractivity contribution in [3.63, 3.8) is 0 Å². The predicted molar refractivity (Wildman–Crippen MR) is 143 cm³/mol. The van der Waals surface area contributed by atoms with Gasteiger partial charge in [0.2, 0.25) is 5.91 Å². The normalized spacial score (nSPS) is 14.2. The number of benzene rings is 3. The molecule has 1 saturated heterocycles. The van der Waals surface area contributed by atoms with Gasteiger partial charge in [0.25, 0.3) is 5.91 Å². The van der Waals surface area contributed by atoms with E-state index in [1.807, 2.05) is 90.0 Å². The van der Waals surface area contributed by atoms with Crippen LogP contribution in [0.4, 0.5) is 0 Å². The SMILES string of the molecule is O=C(CN1CCN(C(=O)c2cn(Cc3cccc(Cl)c3)c3ccccc23)CC1)NCc1ccccc1. The van der Waals surface area contributed by atoms with Crippen LogP contribution in [0.15, 0.2) is 85.1 Å². The third-order valence-electron chi connectivity index (χ3n) is 6.62. The molecule has 0 radical (unpaired) electrons. The lowest BCUT2D eigenvalue weighted by Gasteiger charge is -2.34. The molecule has 1 aromatic heterocycles. The number of nitrogens with one attached hydrogen (secondary N) is 1. The first-order chi connectivity index (χ1) is 17.6. The number of para-hydroxylation sites is 1. The Bertz CT molecular complexity index is 1360. The van der Waals surface area contributed by atoms with Crippen LogP contribution in [0.5, 0.6) is 0 Å². The molecule has 0 unspecified atom stereocenters. The van der Waals surface area contributed by atoms with E-state index >= 15 is 0 Å². The maximum Gasteiger partial charge on any atom is 0.256 e. The Hall–Kier alpha value is -3.61. The fourth-order valence-electron chi connectivity index (χ4n) is 4.71. The zero-order valence-corrected chi connectivity index (χ0v) is 20.8. The lowest BCUT2D eigenvalue weighted by molar-refractivity contribution is -0.122. The molecule has 1 aliphatic heterocycles. The molecule has 6 nitrogen and oxygen atoms in total. The van der Waals surface area contributed by atoms with Crippen molar-refractivity contribution in [2.75, 3.05) is 32.7 Å². The van der Waals surface area contributed by atoms with Crippen LogP contribution in [0, 0.1) is 0 Å². The topological polar surface area (TPSA) is 57.6 Å². The van der Waals surface area contributed by atoms with Gasteiger partial charge in [0.1, 0.15) is 0 Å². The van der Waals surface area contributed by atoms with Crippen LogP contribution in [0.2, 0.25) is 5.02 Å². The molecule has 184 valence electrons. The molecule has 2 heterocycles. The van der Waals surface area contributed by atoms with Gasteiger partial charge in [-0.2, -0.15) is 0 Å². The van der Waals surface area contributed by atoms with Gasteiger partial charge in [0.05, 0.1) is 12.1 Å². The number of nitrogens with zero attached hydrogens (tertiary/aromatic N) is 3. The van der Waals surface area contributed by atoms with Crippen molar-refractivity contribution < 1.29 is 9.59 Å². The number of amides is 2. The van der Waals surface area contributed by atoms with E-state index in [9.17, 15) is 9.59 Å². The van der Waals surface area contributed by atoms with E-state index < -0.39 is 0 Å². The molecule has 4 aromatic rings. The number of rotatable bonds is 7. The molecule has 0 atom stereocenters. The van der Waals surface area contributed by atoms with Gasteiger partial charge in [0.15, 0.2) is 0 Å². The molecule has 0 aliphatic carbocycles. The largest absolute Gasteiger partial charge is 0.351 e. The Kier molecular flexibility index (Phi) is 7.35. The summed E-state index contributed by atoms with van der Waals surface area (Å²) in [5.41, 5.74) is 3.90. The van der Waals surface area contributed by atoms with E-state index in [1.165, 1.54) is 0 Å². The monoisotopic (exact) mass is 500 g/mol. The van der Waals surface area contributed by atoms with Crippen molar-refractivity contribution >= 4 is 34.3 Å². The maximum atomic E-state index is 13.5. The van der Waals surface area contributed by atoms with Gasteiger partial charge in [0, 0.05) is 61.4 Å². The van der Waals surface area contributed by atoms with E-state index in [2.05, 4.69) is 14.8 Å². The molecule has 1 fully saturated rings. The highest BCUT2D eigenvalue weighted by molar-refractivity contribution is 6.30. The molecule has 5 rings (SSSR count). The Morgan fingerprint density at radius 2 is 1.56 bits per heavy atom. The summed E-state index contributed by atoms with van der Waals surface area (Å²) in [4.78, 5) is 29.9. The minimum absolute atomic E-state index is 0.00251. The van der Waals surface area contributed by atoms with E-state index in [1.54, 1.807) is 0 Å². The van der Waals surface area contributed by atoms with Crippen molar-refractivity contribution in [3.8, 4) is 0 Å². The van der Waals surface area contributed by atoms with Crippen LogP contribution in [-0.2, 0) is 17.9 Å². The van der Waals surface area contributed by atoms with E-state index in [0.29, 0.717) is 56.4 Å². The first kappa shape index (κ1) is 24.1. The predicted octanol–water partition coefficient (Wildman–Crippen LogP) is 4.42. The summed E-state index contributed by atoms with van der Waals surface area (Å²) in [6, 6.07) is 25.7. The summed E-state index contributed by atoms with van der Waals surface area (Å²) in [5.74, 6) is 0.0342. The minimum Gasteiger partial charge on any atom is -0.351 e. The van der Waals surface area contributed by atoms with Crippen LogP contribution >= 0.6 is 11.6 Å². The fraction of sp³-hybridized carbons (Fsp3) is 0.241. The summed E-state index contributed by atoms with van der Waals surface area (Å²) in [6.07, 6.45) is 1.96. The average Bonchev–Trinajstić information content (AvgIpc) is 3.26. The van der Waals surface area contributed by atoms with E-state index in [-0.39, 0.29) is 11.8 Å². The van der Waals surface area contributed by atoms with Crippen molar-refractivity contribution in [3.05, 3.63) is 107 Å². The zero-order valence-electron chi connectivity index (χ0n) is 20.1. The first-order valence-corrected chi connectivity index (χ1v) is 12.6. The van der Waals surface area contributed by atoms with Gasteiger partial charge in [-0.15, -0.1) is 0 Å². The van der Waals surface area contributed by atoms with Gasteiger partial charge in [-0.25, -0.2) is 0 Å². The zero-order chi connectivity index (χ0) is 24.9.